The molecule has 4 atom stereocenters. The molecule has 1 aromatic rings. The third-order valence-corrected chi connectivity index (χ3v) is 6.76. The topological polar surface area (TPSA) is 32.3 Å². The first-order chi connectivity index (χ1) is 9.83. The highest BCUT2D eigenvalue weighted by atomic mass is 16.3. The van der Waals surface area contributed by atoms with Gasteiger partial charge in [-0.05, 0) is 67.1 Å². The van der Waals surface area contributed by atoms with Gasteiger partial charge in [-0.3, -0.25) is 0 Å². The monoisotopic (exact) mass is 287 g/mol. The zero-order valence-electron chi connectivity index (χ0n) is 13.8. The Morgan fingerprint density at radius 1 is 1.24 bits per heavy atom. The SMILES string of the molecule is CC(Cc1ccc(O)cc1)NC1CC2CCC1(C)C2(C)C. The van der Waals surface area contributed by atoms with Crippen molar-refractivity contribution in [2.75, 3.05) is 0 Å². The van der Waals surface area contributed by atoms with Crippen LogP contribution in [0.3, 0.4) is 0 Å². The van der Waals surface area contributed by atoms with Gasteiger partial charge in [0.2, 0.25) is 0 Å². The number of hydrogen-bond acceptors (Lipinski definition) is 2. The Kier molecular flexibility index (Phi) is 3.56. The Balaban J connectivity index is 1.64. The lowest BCUT2D eigenvalue weighted by atomic mass is 9.69. The van der Waals surface area contributed by atoms with E-state index in [1.807, 2.05) is 12.1 Å². The number of fused-ring (bicyclic) bond motifs is 2. The third-order valence-electron chi connectivity index (χ3n) is 6.76. The summed E-state index contributed by atoms with van der Waals surface area (Å²) in [5.74, 6) is 1.24. The van der Waals surface area contributed by atoms with Gasteiger partial charge in [-0.2, -0.15) is 0 Å². The molecule has 0 radical (unpaired) electrons. The maximum absolute atomic E-state index is 9.37. The van der Waals surface area contributed by atoms with Crippen LogP contribution >= 0.6 is 0 Å². The summed E-state index contributed by atoms with van der Waals surface area (Å²) in [6, 6.07) is 8.75. The quantitative estimate of drug-likeness (QED) is 0.873. The lowest BCUT2D eigenvalue weighted by molar-refractivity contribution is 0.116. The highest BCUT2D eigenvalue weighted by molar-refractivity contribution is 5.26. The van der Waals surface area contributed by atoms with Crippen LogP contribution in [0.4, 0.5) is 0 Å². The number of phenols is 1. The average Bonchev–Trinajstić information content (AvgIpc) is 2.74. The Hall–Kier alpha value is -1.02. The van der Waals surface area contributed by atoms with Crippen LogP contribution < -0.4 is 5.32 Å². The van der Waals surface area contributed by atoms with Gasteiger partial charge in [-0.15, -0.1) is 0 Å². The van der Waals surface area contributed by atoms with Gasteiger partial charge in [0.05, 0.1) is 0 Å². The number of benzene rings is 1. The minimum absolute atomic E-state index is 0.349. The molecule has 0 heterocycles. The lowest BCUT2D eigenvalue weighted by Crippen LogP contribution is -2.48. The van der Waals surface area contributed by atoms with Crippen LogP contribution in [-0.2, 0) is 6.42 Å². The molecular formula is C19H29NO. The fourth-order valence-corrected chi connectivity index (χ4v) is 4.84. The zero-order chi connectivity index (χ0) is 15.3. The van der Waals surface area contributed by atoms with E-state index in [-0.39, 0.29) is 0 Å². The van der Waals surface area contributed by atoms with Gasteiger partial charge < -0.3 is 10.4 Å². The summed E-state index contributed by atoms with van der Waals surface area (Å²) >= 11 is 0. The molecule has 0 aliphatic heterocycles. The Morgan fingerprint density at radius 2 is 1.90 bits per heavy atom. The van der Waals surface area contributed by atoms with Gasteiger partial charge in [0, 0.05) is 12.1 Å². The smallest absolute Gasteiger partial charge is 0.115 e. The number of hydrogen-bond donors (Lipinski definition) is 2. The number of aromatic hydroxyl groups is 1. The van der Waals surface area contributed by atoms with E-state index >= 15 is 0 Å². The summed E-state index contributed by atoms with van der Waals surface area (Å²) in [5, 5.41) is 13.3. The van der Waals surface area contributed by atoms with Crippen LogP contribution in [0.2, 0.25) is 0 Å². The maximum atomic E-state index is 9.37. The van der Waals surface area contributed by atoms with Crippen molar-refractivity contribution in [3.8, 4) is 5.75 Å². The normalized spacial score (nSPS) is 35.0. The fourth-order valence-electron chi connectivity index (χ4n) is 4.84. The molecule has 2 aliphatic carbocycles. The van der Waals surface area contributed by atoms with E-state index in [1.54, 1.807) is 12.1 Å². The number of phenolic OH excluding ortho intramolecular Hbond substituents is 1. The molecule has 2 N–H and O–H groups in total. The molecule has 0 aromatic heterocycles. The van der Waals surface area contributed by atoms with Crippen LogP contribution in [0, 0.1) is 16.7 Å². The minimum Gasteiger partial charge on any atom is -0.508 e. The summed E-state index contributed by atoms with van der Waals surface area (Å²) in [7, 11) is 0. The van der Waals surface area contributed by atoms with Crippen molar-refractivity contribution in [3.05, 3.63) is 29.8 Å². The van der Waals surface area contributed by atoms with Crippen LogP contribution in [0.25, 0.3) is 0 Å². The highest BCUT2D eigenvalue weighted by Crippen LogP contribution is 2.65. The molecule has 0 saturated heterocycles. The predicted molar refractivity (Wildman–Crippen MR) is 87.4 cm³/mol. The molecule has 2 nitrogen and oxygen atoms in total. The molecule has 0 amide bonds. The molecule has 3 rings (SSSR count). The van der Waals surface area contributed by atoms with E-state index in [0.717, 1.165) is 12.3 Å². The van der Waals surface area contributed by atoms with Gasteiger partial charge in [0.15, 0.2) is 0 Å². The van der Waals surface area contributed by atoms with Crippen LogP contribution in [0.1, 0.15) is 52.5 Å². The molecule has 2 fully saturated rings. The van der Waals surface area contributed by atoms with E-state index in [0.29, 0.717) is 28.7 Å². The van der Waals surface area contributed by atoms with Crippen molar-refractivity contribution in [2.24, 2.45) is 16.7 Å². The Labute approximate surface area is 129 Å². The fraction of sp³-hybridized carbons (Fsp3) is 0.684. The summed E-state index contributed by atoms with van der Waals surface area (Å²) in [5.41, 5.74) is 2.21. The number of rotatable bonds is 4. The van der Waals surface area contributed by atoms with Gasteiger partial charge in [-0.25, -0.2) is 0 Å². The molecule has 2 aliphatic rings. The van der Waals surface area contributed by atoms with Gasteiger partial charge >= 0.3 is 0 Å². The standard InChI is InChI=1S/C19H29NO/c1-13(11-14-5-7-16(21)8-6-14)20-17-12-15-9-10-19(17,4)18(15,2)3/h5-8,13,15,17,20-21H,9-12H2,1-4H3. The summed E-state index contributed by atoms with van der Waals surface area (Å²) in [4.78, 5) is 0. The molecule has 0 spiro atoms. The van der Waals surface area contributed by atoms with E-state index in [9.17, 15) is 5.11 Å². The van der Waals surface area contributed by atoms with Gasteiger partial charge in [0.25, 0.3) is 0 Å². The van der Waals surface area contributed by atoms with E-state index in [1.165, 1.54) is 24.8 Å². The van der Waals surface area contributed by atoms with Crippen molar-refractivity contribution in [3.63, 3.8) is 0 Å². The predicted octanol–water partition coefficient (Wildman–Crippen LogP) is 4.13. The van der Waals surface area contributed by atoms with Crippen molar-refractivity contribution in [2.45, 2.75) is 65.5 Å². The molecule has 1 aromatic carbocycles. The molecule has 2 bridgehead atoms. The van der Waals surface area contributed by atoms with Crippen LogP contribution in [-0.4, -0.2) is 17.2 Å². The third kappa shape index (κ3) is 2.38. The Morgan fingerprint density at radius 3 is 2.43 bits per heavy atom. The first-order valence-electron chi connectivity index (χ1n) is 8.37. The second kappa shape index (κ2) is 5.01. The average molecular weight is 287 g/mol. The summed E-state index contributed by atoms with van der Waals surface area (Å²) < 4.78 is 0. The minimum atomic E-state index is 0.349. The van der Waals surface area contributed by atoms with Crippen molar-refractivity contribution >= 4 is 0 Å². The van der Waals surface area contributed by atoms with Crippen molar-refractivity contribution in [1.29, 1.82) is 0 Å². The maximum Gasteiger partial charge on any atom is 0.115 e. The van der Waals surface area contributed by atoms with E-state index in [2.05, 4.69) is 33.0 Å². The second-order valence-electron chi connectivity index (χ2n) is 8.10. The second-order valence-corrected chi connectivity index (χ2v) is 8.10. The summed E-state index contributed by atoms with van der Waals surface area (Å²) in [6.45, 7) is 9.72. The first kappa shape index (κ1) is 14.9. The summed E-state index contributed by atoms with van der Waals surface area (Å²) in [6.07, 6.45) is 5.14. The van der Waals surface area contributed by atoms with Crippen LogP contribution in [0.5, 0.6) is 5.75 Å². The molecule has 116 valence electrons. The van der Waals surface area contributed by atoms with Crippen molar-refractivity contribution in [1.82, 2.24) is 5.32 Å². The van der Waals surface area contributed by atoms with Crippen LogP contribution in [0.15, 0.2) is 24.3 Å². The largest absolute Gasteiger partial charge is 0.508 e. The number of nitrogens with one attached hydrogen (secondary N) is 1. The molecule has 2 saturated carbocycles. The highest BCUT2D eigenvalue weighted by Gasteiger charge is 2.61. The van der Waals surface area contributed by atoms with Gasteiger partial charge in [-0.1, -0.05) is 32.9 Å². The van der Waals surface area contributed by atoms with E-state index in [4.69, 9.17) is 0 Å². The van der Waals surface area contributed by atoms with Crippen molar-refractivity contribution < 1.29 is 5.11 Å². The molecular weight excluding hydrogens is 258 g/mol. The molecule has 2 heteroatoms. The lowest BCUT2D eigenvalue weighted by Gasteiger charge is -2.40. The molecule has 4 unspecified atom stereocenters. The van der Waals surface area contributed by atoms with E-state index < -0.39 is 0 Å². The zero-order valence-corrected chi connectivity index (χ0v) is 13.8. The first-order valence-corrected chi connectivity index (χ1v) is 8.37. The van der Waals surface area contributed by atoms with Gasteiger partial charge in [0.1, 0.15) is 5.75 Å². The molecule has 21 heavy (non-hydrogen) atoms. The Bertz CT molecular complexity index is 507.